The Morgan fingerprint density at radius 1 is 1.11 bits per heavy atom. The molecule has 0 aromatic heterocycles. The van der Waals surface area contributed by atoms with E-state index in [1.807, 2.05) is 30.3 Å². The topological polar surface area (TPSA) is 71.1 Å². The van der Waals surface area contributed by atoms with E-state index in [9.17, 15) is 9.59 Å². The second kappa shape index (κ2) is 11.9. The van der Waals surface area contributed by atoms with Crippen molar-refractivity contribution in [2.45, 2.75) is 45.3 Å². The Labute approximate surface area is 214 Å². The van der Waals surface area contributed by atoms with Crippen LogP contribution in [0.2, 0.25) is 0 Å². The molecular formula is C29H39N3O4. The molecule has 3 atom stereocenters. The summed E-state index contributed by atoms with van der Waals surface area (Å²) in [6.07, 6.45) is 2.80. The first-order chi connectivity index (χ1) is 17.3. The Hall–Kier alpha value is -2.90. The third-order valence-electron chi connectivity index (χ3n) is 7.26. The van der Waals surface area contributed by atoms with E-state index in [0.717, 1.165) is 24.6 Å². The number of likely N-dealkylation sites (N-methyl/N-ethyl adjacent to an activating group) is 1. The summed E-state index contributed by atoms with van der Waals surface area (Å²) < 4.78 is 12.1. The first kappa shape index (κ1) is 26.2. The largest absolute Gasteiger partial charge is 0.491 e. The van der Waals surface area contributed by atoms with Crippen LogP contribution in [0.25, 0.3) is 0 Å². The van der Waals surface area contributed by atoms with E-state index < -0.39 is 0 Å². The van der Waals surface area contributed by atoms with Gasteiger partial charge in [0.2, 0.25) is 5.91 Å². The van der Waals surface area contributed by atoms with Gasteiger partial charge in [-0.25, -0.2) is 0 Å². The molecule has 7 heteroatoms. The van der Waals surface area contributed by atoms with Crippen LogP contribution in [0, 0.1) is 11.8 Å². The standard InChI is InChI=1S/C29H39N3O4/c1-20-16-32(17-23-10-11-23)21(2)19-36-26-15-24(30-28(33)14-22-8-6-5-7-9-22)12-13-25(26)29(34)31(3)18-27(20)35-4/h5-9,12-13,15,20-21,23,27H,10-11,14,16-19H2,1-4H3,(H,30,33)/t20-,21+,27+/m0/s1. The van der Waals surface area contributed by atoms with Gasteiger partial charge in [-0.15, -0.1) is 0 Å². The summed E-state index contributed by atoms with van der Waals surface area (Å²) in [7, 11) is 3.53. The summed E-state index contributed by atoms with van der Waals surface area (Å²) >= 11 is 0. The SMILES string of the molecule is CO[C@@H]1CN(C)C(=O)c2ccc(NC(=O)Cc3ccccc3)cc2OC[C@@H](C)N(CC2CC2)C[C@@H]1C. The van der Waals surface area contributed by atoms with Crippen molar-refractivity contribution >= 4 is 17.5 Å². The number of ether oxygens (including phenoxy) is 2. The molecule has 0 saturated heterocycles. The lowest BCUT2D eigenvalue weighted by molar-refractivity contribution is -0.115. The number of rotatable bonds is 6. The van der Waals surface area contributed by atoms with E-state index >= 15 is 0 Å². The molecule has 1 saturated carbocycles. The van der Waals surface area contributed by atoms with Crippen LogP contribution in [0.1, 0.15) is 42.6 Å². The Morgan fingerprint density at radius 2 is 1.86 bits per heavy atom. The molecular weight excluding hydrogens is 454 g/mol. The minimum Gasteiger partial charge on any atom is -0.491 e. The van der Waals surface area contributed by atoms with E-state index in [4.69, 9.17) is 9.47 Å². The van der Waals surface area contributed by atoms with Gasteiger partial charge in [-0.3, -0.25) is 14.5 Å². The van der Waals surface area contributed by atoms with Crippen LogP contribution in [0.4, 0.5) is 5.69 Å². The van der Waals surface area contributed by atoms with Gasteiger partial charge < -0.3 is 19.7 Å². The maximum atomic E-state index is 13.4. The van der Waals surface area contributed by atoms with Crippen LogP contribution < -0.4 is 10.1 Å². The number of nitrogens with zero attached hydrogens (tertiary/aromatic N) is 2. The predicted octanol–water partition coefficient (Wildman–Crippen LogP) is 4.08. The monoisotopic (exact) mass is 493 g/mol. The van der Waals surface area contributed by atoms with Crippen molar-refractivity contribution in [1.29, 1.82) is 0 Å². The molecule has 1 heterocycles. The number of nitrogens with one attached hydrogen (secondary N) is 1. The minimum absolute atomic E-state index is 0.0619. The molecule has 2 aliphatic rings. The summed E-state index contributed by atoms with van der Waals surface area (Å²) in [6, 6.07) is 15.1. The fraction of sp³-hybridized carbons (Fsp3) is 0.517. The van der Waals surface area contributed by atoms with Gasteiger partial charge in [0.05, 0.1) is 18.1 Å². The molecule has 7 nitrogen and oxygen atoms in total. The van der Waals surface area contributed by atoms with Gasteiger partial charge in [-0.1, -0.05) is 37.3 Å². The summed E-state index contributed by atoms with van der Waals surface area (Å²) in [5, 5.41) is 2.96. The molecule has 2 aromatic carbocycles. The van der Waals surface area contributed by atoms with Crippen LogP contribution in [0.15, 0.2) is 48.5 Å². The molecule has 1 aliphatic carbocycles. The lowest BCUT2D eigenvalue weighted by atomic mass is 10.0. The van der Waals surface area contributed by atoms with Crippen molar-refractivity contribution in [1.82, 2.24) is 9.80 Å². The molecule has 2 aromatic rings. The van der Waals surface area contributed by atoms with Crippen LogP contribution in [0.3, 0.4) is 0 Å². The third kappa shape index (κ3) is 6.86. The lowest BCUT2D eigenvalue weighted by Crippen LogP contribution is -2.47. The van der Waals surface area contributed by atoms with Crippen molar-refractivity contribution < 1.29 is 19.1 Å². The highest BCUT2D eigenvalue weighted by Gasteiger charge is 2.31. The first-order valence-electron chi connectivity index (χ1n) is 13.0. The molecule has 36 heavy (non-hydrogen) atoms. The van der Waals surface area contributed by atoms with Gasteiger partial charge in [-0.05, 0) is 49.3 Å². The minimum atomic E-state index is -0.121. The quantitative estimate of drug-likeness (QED) is 0.657. The average molecular weight is 494 g/mol. The third-order valence-corrected chi connectivity index (χ3v) is 7.26. The first-order valence-corrected chi connectivity index (χ1v) is 13.0. The van der Waals surface area contributed by atoms with Crippen molar-refractivity contribution in [3.05, 3.63) is 59.7 Å². The highest BCUT2D eigenvalue weighted by molar-refractivity contribution is 5.98. The van der Waals surface area contributed by atoms with Gasteiger partial charge in [0.15, 0.2) is 0 Å². The number of fused-ring (bicyclic) bond motifs is 1. The molecule has 0 radical (unpaired) electrons. The second-order valence-electron chi connectivity index (χ2n) is 10.4. The lowest BCUT2D eigenvalue weighted by Gasteiger charge is -2.36. The number of carbonyl (C=O) groups excluding carboxylic acids is 2. The maximum Gasteiger partial charge on any atom is 0.257 e. The van der Waals surface area contributed by atoms with Gasteiger partial charge in [0, 0.05) is 51.6 Å². The van der Waals surface area contributed by atoms with Crippen molar-refractivity contribution in [3.63, 3.8) is 0 Å². The Balaban J connectivity index is 1.56. The Bertz CT molecular complexity index is 1040. The summed E-state index contributed by atoms with van der Waals surface area (Å²) in [4.78, 5) is 30.2. The highest BCUT2D eigenvalue weighted by atomic mass is 16.5. The zero-order valence-corrected chi connectivity index (χ0v) is 21.9. The Kier molecular flexibility index (Phi) is 8.64. The number of hydrogen-bond acceptors (Lipinski definition) is 5. The zero-order chi connectivity index (χ0) is 25.7. The molecule has 1 N–H and O–H groups in total. The van der Waals surface area contributed by atoms with Crippen molar-refractivity contribution in [3.8, 4) is 5.75 Å². The van der Waals surface area contributed by atoms with E-state index in [1.54, 1.807) is 37.3 Å². The van der Waals surface area contributed by atoms with Crippen LogP contribution in [0.5, 0.6) is 5.75 Å². The second-order valence-corrected chi connectivity index (χ2v) is 10.4. The van der Waals surface area contributed by atoms with Crippen molar-refractivity contribution in [2.75, 3.05) is 45.7 Å². The van der Waals surface area contributed by atoms with E-state index in [2.05, 4.69) is 24.1 Å². The van der Waals surface area contributed by atoms with Crippen LogP contribution in [-0.4, -0.2) is 74.2 Å². The smallest absolute Gasteiger partial charge is 0.257 e. The van der Waals surface area contributed by atoms with E-state index in [0.29, 0.717) is 30.2 Å². The molecule has 4 rings (SSSR count). The summed E-state index contributed by atoms with van der Waals surface area (Å²) in [6.45, 7) is 7.29. The summed E-state index contributed by atoms with van der Waals surface area (Å²) in [5.74, 6) is 1.29. The van der Waals surface area contributed by atoms with Crippen LogP contribution in [-0.2, 0) is 16.0 Å². The number of anilines is 1. The van der Waals surface area contributed by atoms with Crippen LogP contribution >= 0.6 is 0 Å². The highest BCUT2D eigenvalue weighted by Crippen LogP contribution is 2.32. The molecule has 0 spiro atoms. The number of carbonyl (C=O) groups is 2. The fourth-order valence-corrected chi connectivity index (χ4v) is 4.80. The van der Waals surface area contributed by atoms with Gasteiger partial charge in [0.1, 0.15) is 12.4 Å². The van der Waals surface area contributed by atoms with Gasteiger partial charge >= 0.3 is 0 Å². The zero-order valence-electron chi connectivity index (χ0n) is 21.9. The van der Waals surface area contributed by atoms with Gasteiger partial charge in [-0.2, -0.15) is 0 Å². The number of hydrogen-bond donors (Lipinski definition) is 1. The molecule has 0 bridgehead atoms. The Morgan fingerprint density at radius 3 is 2.56 bits per heavy atom. The average Bonchev–Trinajstić information content (AvgIpc) is 3.69. The van der Waals surface area contributed by atoms with E-state index in [-0.39, 0.29) is 36.3 Å². The summed E-state index contributed by atoms with van der Waals surface area (Å²) in [5.41, 5.74) is 2.05. The number of benzene rings is 2. The normalized spacial score (nSPS) is 23.7. The maximum absolute atomic E-state index is 13.4. The molecule has 1 fully saturated rings. The molecule has 194 valence electrons. The number of methoxy groups -OCH3 is 1. The molecule has 1 aliphatic heterocycles. The fourth-order valence-electron chi connectivity index (χ4n) is 4.80. The predicted molar refractivity (Wildman–Crippen MR) is 141 cm³/mol. The number of amides is 2. The van der Waals surface area contributed by atoms with E-state index in [1.165, 1.54) is 12.8 Å². The molecule has 2 amide bonds. The molecule has 0 unspecified atom stereocenters. The van der Waals surface area contributed by atoms with Gasteiger partial charge in [0.25, 0.3) is 5.91 Å². The van der Waals surface area contributed by atoms with Crippen molar-refractivity contribution in [2.24, 2.45) is 11.8 Å².